The van der Waals surface area contributed by atoms with Gasteiger partial charge in [0, 0.05) is 6.04 Å². The Hall–Kier alpha value is -2.13. The zero-order chi connectivity index (χ0) is 13.9. The second kappa shape index (κ2) is 5.47. The van der Waals surface area contributed by atoms with Crippen molar-refractivity contribution in [3.05, 3.63) is 71.8 Å². The lowest BCUT2D eigenvalue weighted by atomic mass is 9.90. The third-order valence-corrected chi connectivity index (χ3v) is 3.84. The molecule has 3 nitrogen and oxygen atoms in total. The Balaban J connectivity index is 1.89. The normalized spacial score (nSPS) is 26.1. The van der Waals surface area contributed by atoms with Gasteiger partial charge in [-0.15, -0.1) is 0 Å². The lowest BCUT2D eigenvalue weighted by molar-refractivity contribution is -0.129. The van der Waals surface area contributed by atoms with Crippen LogP contribution in [-0.2, 0) is 4.79 Å². The Kier molecular flexibility index (Phi) is 3.52. The molecule has 1 heterocycles. The van der Waals surface area contributed by atoms with E-state index in [1.807, 2.05) is 55.5 Å². The van der Waals surface area contributed by atoms with Crippen molar-refractivity contribution in [2.24, 2.45) is 5.92 Å². The van der Waals surface area contributed by atoms with Crippen molar-refractivity contribution < 1.29 is 4.79 Å². The van der Waals surface area contributed by atoms with E-state index in [2.05, 4.69) is 22.8 Å². The van der Waals surface area contributed by atoms with E-state index in [1.54, 1.807) is 0 Å². The maximum absolute atomic E-state index is 12.2. The summed E-state index contributed by atoms with van der Waals surface area (Å²) in [5.74, 6) is 0.00354. The third kappa shape index (κ3) is 2.45. The molecule has 3 heteroatoms. The Morgan fingerprint density at radius 1 is 0.850 bits per heavy atom. The van der Waals surface area contributed by atoms with E-state index in [1.165, 1.54) is 0 Å². The molecule has 0 aromatic heterocycles. The van der Waals surface area contributed by atoms with Crippen LogP contribution in [0.25, 0.3) is 0 Å². The number of carbonyl (C=O) groups is 1. The summed E-state index contributed by atoms with van der Waals surface area (Å²) in [5, 5.41) is 6.57. The van der Waals surface area contributed by atoms with E-state index < -0.39 is 0 Å². The lowest BCUT2D eigenvalue weighted by Gasteiger charge is -2.36. The predicted molar refractivity (Wildman–Crippen MR) is 78.8 cm³/mol. The van der Waals surface area contributed by atoms with Gasteiger partial charge in [0.05, 0.1) is 5.92 Å². The molecule has 3 rings (SSSR count). The first kappa shape index (κ1) is 12.9. The Morgan fingerprint density at radius 2 is 1.40 bits per heavy atom. The summed E-state index contributed by atoms with van der Waals surface area (Å²) < 4.78 is 0. The van der Waals surface area contributed by atoms with E-state index in [-0.39, 0.29) is 24.0 Å². The van der Waals surface area contributed by atoms with E-state index in [0.29, 0.717) is 0 Å². The van der Waals surface area contributed by atoms with Gasteiger partial charge in [0.15, 0.2) is 0 Å². The number of amides is 1. The summed E-state index contributed by atoms with van der Waals surface area (Å²) in [5.41, 5.74) is 2.23. The van der Waals surface area contributed by atoms with E-state index in [0.717, 1.165) is 11.1 Å². The lowest BCUT2D eigenvalue weighted by Crippen LogP contribution is -2.51. The molecule has 1 fully saturated rings. The number of hydrogen-bond donors (Lipinski definition) is 2. The molecular weight excluding hydrogens is 248 g/mol. The largest absolute Gasteiger partial charge is 0.336 e. The standard InChI is InChI=1S/C17H18N2O/c1-12-15(13-8-4-2-5-9-13)18-16(19-17(12)20)14-10-6-3-7-11-14/h2-12,15-16,18H,1H3,(H,19,20). The van der Waals surface area contributed by atoms with Gasteiger partial charge in [0.1, 0.15) is 6.17 Å². The van der Waals surface area contributed by atoms with Crippen LogP contribution < -0.4 is 10.6 Å². The van der Waals surface area contributed by atoms with Gasteiger partial charge in [-0.25, -0.2) is 0 Å². The van der Waals surface area contributed by atoms with Crippen LogP contribution in [0.2, 0.25) is 0 Å². The van der Waals surface area contributed by atoms with Gasteiger partial charge >= 0.3 is 0 Å². The average molecular weight is 266 g/mol. The maximum atomic E-state index is 12.2. The van der Waals surface area contributed by atoms with Crippen LogP contribution in [0.15, 0.2) is 60.7 Å². The number of rotatable bonds is 2. The number of hydrogen-bond acceptors (Lipinski definition) is 2. The summed E-state index contributed by atoms with van der Waals surface area (Å²) in [7, 11) is 0. The monoisotopic (exact) mass is 266 g/mol. The van der Waals surface area contributed by atoms with Gasteiger partial charge in [-0.2, -0.15) is 0 Å². The number of carbonyl (C=O) groups excluding carboxylic acids is 1. The maximum Gasteiger partial charge on any atom is 0.226 e. The highest BCUT2D eigenvalue weighted by Crippen LogP contribution is 2.29. The summed E-state index contributed by atoms with van der Waals surface area (Å²) in [6.07, 6.45) is -0.134. The number of nitrogens with one attached hydrogen (secondary N) is 2. The summed E-state index contributed by atoms with van der Waals surface area (Å²) in [6, 6.07) is 20.2. The van der Waals surface area contributed by atoms with Crippen LogP contribution in [0.4, 0.5) is 0 Å². The minimum absolute atomic E-state index is 0.0372. The zero-order valence-corrected chi connectivity index (χ0v) is 11.4. The topological polar surface area (TPSA) is 41.1 Å². The molecule has 20 heavy (non-hydrogen) atoms. The van der Waals surface area contributed by atoms with Gasteiger partial charge in [0.25, 0.3) is 0 Å². The molecule has 102 valence electrons. The molecule has 0 bridgehead atoms. The first-order chi connectivity index (χ1) is 9.75. The van der Waals surface area contributed by atoms with Crippen molar-refractivity contribution >= 4 is 5.91 Å². The average Bonchev–Trinajstić information content (AvgIpc) is 2.51. The minimum atomic E-state index is -0.134. The molecule has 3 atom stereocenters. The SMILES string of the molecule is CC1C(=O)NC(c2ccccc2)NC1c1ccccc1. The molecule has 1 saturated heterocycles. The molecule has 0 saturated carbocycles. The highest BCUT2D eigenvalue weighted by Gasteiger charge is 2.34. The fourth-order valence-corrected chi connectivity index (χ4v) is 2.66. The smallest absolute Gasteiger partial charge is 0.226 e. The minimum Gasteiger partial charge on any atom is -0.336 e. The second-order valence-corrected chi connectivity index (χ2v) is 5.20. The van der Waals surface area contributed by atoms with E-state index >= 15 is 0 Å². The first-order valence-electron chi connectivity index (χ1n) is 6.92. The van der Waals surface area contributed by atoms with Crippen molar-refractivity contribution in [1.29, 1.82) is 0 Å². The van der Waals surface area contributed by atoms with Gasteiger partial charge in [-0.05, 0) is 11.1 Å². The molecular formula is C17H18N2O. The van der Waals surface area contributed by atoms with Crippen LogP contribution >= 0.6 is 0 Å². The van der Waals surface area contributed by atoms with E-state index in [9.17, 15) is 4.79 Å². The molecule has 1 aliphatic rings. The number of benzene rings is 2. The van der Waals surface area contributed by atoms with Gasteiger partial charge < -0.3 is 5.32 Å². The second-order valence-electron chi connectivity index (χ2n) is 5.20. The highest BCUT2D eigenvalue weighted by molar-refractivity contribution is 5.80. The van der Waals surface area contributed by atoms with Crippen LogP contribution in [0.5, 0.6) is 0 Å². The summed E-state index contributed by atoms with van der Waals surface area (Å²) in [4.78, 5) is 12.2. The predicted octanol–water partition coefficient (Wildman–Crippen LogP) is 2.78. The summed E-state index contributed by atoms with van der Waals surface area (Å²) >= 11 is 0. The van der Waals surface area contributed by atoms with Crippen LogP contribution in [0.3, 0.4) is 0 Å². The molecule has 0 radical (unpaired) electrons. The van der Waals surface area contributed by atoms with Gasteiger partial charge in [-0.3, -0.25) is 10.1 Å². The molecule has 0 aliphatic carbocycles. The van der Waals surface area contributed by atoms with Gasteiger partial charge in [0.2, 0.25) is 5.91 Å². The fraction of sp³-hybridized carbons (Fsp3) is 0.235. The Labute approximate surface area is 119 Å². The van der Waals surface area contributed by atoms with E-state index in [4.69, 9.17) is 0 Å². The first-order valence-corrected chi connectivity index (χ1v) is 6.92. The Morgan fingerprint density at radius 3 is 2.00 bits per heavy atom. The van der Waals surface area contributed by atoms with Gasteiger partial charge in [-0.1, -0.05) is 67.6 Å². The molecule has 1 amide bonds. The molecule has 2 aromatic rings. The summed E-state index contributed by atoms with van der Waals surface area (Å²) in [6.45, 7) is 1.96. The van der Waals surface area contributed by atoms with Crippen molar-refractivity contribution in [2.45, 2.75) is 19.1 Å². The molecule has 1 aliphatic heterocycles. The third-order valence-electron chi connectivity index (χ3n) is 3.84. The molecule has 2 aromatic carbocycles. The van der Waals surface area contributed by atoms with Crippen molar-refractivity contribution in [3.8, 4) is 0 Å². The molecule has 3 unspecified atom stereocenters. The Bertz CT molecular complexity index is 582. The molecule has 0 spiro atoms. The van der Waals surface area contributed by atoms with Crippen molar-refractivity contribution in [2.75, 3.05) is 0 Å². The fourth-order valence-electron chi connectivity index (χ4n) is 2.66. The molecule has 2 N–H and O–H groups in total. The van der Waals surface area contributed by atoms with Crippen molar-refractivity contribution in [1.82, 2.24) is 10.6 Å². The van der Waals surface area contributed by atoms with Crippen LogP contribution in [0, 0.1) is 5.92 Å². The quantitative estimate of drug-likeness (QED) is 0.877. The van der Waals surface area contributed by atoms with Crippen LogP contribution in [-0.4, -0.2) is 5.91 Å². The zero-order valence-electron chi connectivity index (χ0n) is 11.4. The highest BCUT2D eigenvalue weighted by atomic mass is 16.2. The van der Waals surface area contributed by atoms with Crippen molar-refractivity contribution in [3.63, 3.8) is 0 Å². The van der Waals surface area contributed by atoms with Crippen LogP contribution in [0.1, 0.15) is 30.3 Å².